The van der Waals surface area contributed by atoms with Crippen LogP contribution in [-0.4, -0.2) is 22.4 Å². The van der Waals surface area contributed by atoms with Gasteiger partial charge in [0.25, 0.3) is 0 Å². The number of nitrogens with zero attached hydrogens (tertiary/aromatic N) is 2. The van der Waals surface area contributed by atoms with Crippen LogP contribution >= 0.6 is 0 Å². The van der Waals surface area contributed by atoms with Crippen molar-refractivity contribution in [1.82, 2.24) is 9.78 Å². The molecule has 0 radical (unpaired) electrons. The molecule has 0 amide bonds. The molecule has 1 atom stereocenters. The van der Waals surface area contributed by atoms with Crippen molar-refractivity contribution in [2.45, 2.75) is 33.7 Å². The Morgan fingerprint density at radius 1 is 1.07 bits per heavy atom. The van der Waals surface area contributed by atoms with Gasteiger partial charge in [0.05, 0.1) is 17.9 Å². The van der Waals surface area contributed by atoms with Crippen molar-refractivity contribution in [2.24, 2.45) is 0 Å². The van der Waals surface area contributed by atoms with Gasteiger partial charge in [0.15, 0.2) is 0 Å². The Morgan fingerprint density at radius 2 is 1.76 bits per heavy atom. The Hall–Kier alpha value is -3.34. The van der Waals surface area contributed by atoms with Crippen LogP contribution in [0.1, 0.15) is 36.7 Å². The van der Waals surface area contributed by atoms with Crippen LogP contribution in [0.2, 0.25) is 0 Å². The fourth-order valence-electron chi connectivity index (χ4n) is 3.91. The molecule has 5 heteroatoms. The number of anilines is 1. The number of hydrogen-bond donors (Lipinski definition) is 1. The van der Waals surface area contributed by atoms with Gasteiger partial charge in [-0.05, 0) is 38.8 Å². The number of benzene rings is 2. The van der Waals surface area contributed by atoms with Crippen LogP contribution in [0.25, 0.3) is 11.1 Å². The zero-order valence-corrected chi connectivity index (χ0v) is 17.2. The van der Waals surface area contributed by atoms with Crippen LogP contribution < -0.4 is 5.32 Å². The fourth-order valence-corrected chi connectivity index (χ4v) is 3.91. The molecular formula is C24H25N3O2. The number of aromatic nitrogens is 2. The molecule has 1 aliphatic heterocycles. The first-order valence-electron chi connectivity index (χ1n) is 9.87. The minimum atomic E-state index is -0.345. The molecule has 1 N–H and O–H groups in total. The van der Waals surface area contributed by atoms with Crippen molar-refractivity contribution >= 4 is 11.8 Å². The third kappa shape index (κ3) is 3.33. The Labute approximate surface area is 171 Å². The van der Waals surface area contributed by atoms with Crippen LogP contribution in [0.3, 0.4) is 0 Å². The highest BCUT2D eigenvalue weighted by atomic mass is 16.5. The number of carbonyl (C=O) groups excluding carboxylic acids is 1. The quantitative estimate of drug-likeness (QED) is 0.639. The highest BCUT2D eigenvalue weighted by Gasteiger charge is 2.35. The van der Waals surface area contributed by atoms with Gasteiger partial charge in [-0.3, -0.25) is 0 Å². The summed E-state index contributed by atoms with van der Waals surface area (Å²) in [5.41, 5.74) is 6.60. The second-order valence-electron chi connectivity index (χ2n) is 7.32. The van der Waals surface area contributed by atoms with Crippen LogP contribution in [0.15, 0.2) is 65.9 Å². The summed E-state index contributed by atoms with van der Waals surface area (Å²) in [6, 6.07) is 18.1. The summed E-state index contributed by atoms with van der Waals surface area (Å²) in [7, 11) is 0. The third-order valence-electron chi connectivity index (χ3n) is 5.26. The molecule has 0 spiro atoms. The lowest BCUT2D eigenvalue weighted by Crippen LogP contribution is -2.29. The van der Waals surface area contributed by atoms with E-state index in [1.165, 1.54) is 5.56 Å². The number of hydrogen-bond acceptors (Lipinski definition) is 4. The lowest BCUT2D eigenvalue weighted by molar-refractivity contribution is -0.139. The van der Waals surface area contributed by atoms with Crippen LogP contribution in [0.4, 0.5) is 5.82 Å². The summed E-state index contributed by atoms with van der Waals surface area (Å²) < 4.78 is 7.30. The first-order valence-corrected chi connectivity index (χ1v) is 9.87. The Morgan fingerprint density at radius 3 is 2.41 bits per heavy atom. The predicted molar refractivity (Wildman–Crippen MR) is 115 cm³/mol. The SMILES string of the molecule is CCOC(=O)C1=C(C)Nc2c(-c3ccccc3)c(C)nn2[C@H]1c1ccc(C)cc1. The number of aryl methyl sites for hydroxylation is 2. The van der Waals surface area contributed by atoms with Crippen LogP contribution in [0.5, 0.6) is 0 Å². The Kier molecular flexibility index (Phi) is 4.97. The van der Waals surface area contributed by atoms with Gasteiger partial charge in [-0.25, -0.2) is 9.48 Å². The lowest BCUT2D eigenvalue weighted by atomic mass is 9.94. The standard InChI is InChI=1S/C24H25N3O2/c1-5-29-24(28)21-16(3)25-23-20(18-9-7-6-8-10-18)17(4)26-27(23)22(21)19-13-11-15(2)12-14-19/h6-14,22,25H,5H2,1-4H3/t22-/m0/s1. The smallest absolute Gasteiger partial charge is 0.338 e. The van der Waals surface area contributed by atoms with E-state index in [0.29, 0.717) is 12.2 Å². The summed E-state index contributed by atoms with van der Waals surface area (Å²) in [4.78, 5) is 12.9. The molecule has 0 bridgehead atoms. The maximum atomic E-state index is 12.9. The maximum Gasteiger partial charge on any atom is 0.338 e. The molecule has 1 aromatic heterocycles. The molecule has 0 unspecified atom stereocenters. The first-order chi connectivity index (χ1) is 14.0. The van der Waals surface area contributed by atoms with Gasteiger partial charge in [0, 0.05) is 11.3 Å². The van der Waals surface area contributed by atoms with Crippen LogP contribution in [-0.2, 0) is 9.53 Å². The van der Waals surface area contributed by atoms with E-state index in [2.05, 4.69) is 48.6 Å². The number of ether oxygens (including phenoxy) is 1. The molecule has 0 saturated heterocycles. The van der Waals surface area contributed by atoms with E-state index in [9.17, 15) is 4.79 Å². The Bertz CT molecular complexity index is 1080. The number of rotatable bonds is 4. The zero-order valence-electron chi connectivity index (χ0n) is 17.2. The number of carbonyl (C=O) groups is 1. The topological polar surface area (TPSA) is 56.1 Å². The van der Waals surface area contributed by atoms with Crippen molar-refractivity contribution in [3.63, 3.8) is 0 Å². The summed E-state index contributed by atoms with van der Waals surface area (Å²) in [5, 5.41) is 8.27. The van der Waals surface area contributed by atoms with Crippen molar-refractivity contribution < 1.29 is 9.53 Å². The molecule has 2 aromatic carbocycles. The van der Waals surface area contributed by atoms with Gasteiger partial charge < -0.3 is 10.1 Å². The monoisotopic (exact) mass is 387 g/mol. The normalized spacial score (nSPS) is 15.7. The molecule has 5 nitrogen and oxygen atoms in total. The summed E-state index contributed by atoms with van der Waals surface area (Å²) in [6.07, 6.45) is 0. The van der Waals surface area contributed by atoms with Crippen molar-refractivity contribution in [1.29, 1.82) is 0 Å². The molecule has 0 saturated carbocycles. The molecule has 148 valence electrons. The highest BCUT2D eigenvalue weighted by molar-refractivity contribution is 5.93. The molecule has 2 heterocycles. The van der Waals surface area contributed by atoms with Gasteiger partial charge in [-0.2, -0.15) is 5.10 Å². The van der Waals surface area contributed by atoms with E-state index in [4.69, 9.17) is 9.84 Å². The predicted octanol–water partition coefficient (Wildman–Crippen LogP) is 5.02. The number of allylic oxidation sites excluding steroid dienone is 1. The maximum absolute atomic E-state index is 12.9. The van der Waals surface area contributed by atoms with E-state index < -0.39 is 0 Å². The van der Waals surface area contributed by atoms with E-state index in [1.807, 2.05) is 43.7 Å². The third-order valence-corrected chi connectivity index (χ3v) is 5.26. The molecule has 4 rings (SSSR count). The van der Waals surface area contributed by atoms with E-state index >= 15 is 0 Å². The van der Waals surface area contributed by atoms with Gasteiger partial charge in [0.2, 0.25) is 0 Å². The summed E-state index contributed by atoms with van der Waals surface area (Å²) in [6.45, 7) is 8.13. The second-order valence-corrected chi connectivity index (χ2v) is 7.32. The summed E-state index contributed by atoms with van der Waals surface area (Å²) >= 11 is 0. The average molecular weight is 387 g/mol. The molecule has 29 heavy (non-hydrogen) atoms. The zero-order chi connectivity index (χ0) is 20.5. The fraction of sp³-hybridized carbons (Fsp3) is 0.250. The van der Waals surface area contributed by atoms with Gasteiger partial charge in [0.1, 0.15) is 11.9 Å². The highest BCUT2D eigenvalue weighted by Crippen LogP contribution is 2.42. The Balaban J connectivity index is 1.93. The average Bonchev–Trinajstić information content (AvgIpc) is 3.03. The van der Waals surface area contributed by atoms with E-state index in [1.54, 1.807) is 0 Å². The molecule has 1 aliphatic rings. The first kappa shape index (κ1) is 19.0. The van der Waals surface area contributed by atoms with Crippen LogP contribution in [0, 0.1) is 13.8 Å². The van der Waals surface area contributed by atoms with Gasteiger partial charge in [-0.15, -0.1) is 0 Å². The number of fused-ring (bicyclic) bond motifs is 1. The minimum Gasteiger partial charge on any atom is -0.463 e. The lowest BCUT2D eigenvalue weighted by Gasteiger charge is -2.30. The van der Waals surface area contributed by atoms with Crippen molar-refractivity contribution in [3.05, 3.63) is 82.7 Å². The van der Waals surface area contributed by atoms with Gasteiger partial charge >= 0.3 is 5.97 Å². The summed E-state index contributed by atoms with van der Waals surface area (Å²) in [5.74, 6) is 0.577. The number of nitrogens with one attached hydrogen (secondary N) is 1. The second kappa shape index (κ2) is 7.59. The minimum absolute atomic E-state index is 0.317. The van der Waals surface area contributed by atoms with Gasteiger partial charge in [-0.1, -0.05) is 60.2 Å². The molecule has 0 fully saturated rings. The molecule has 3 aromatic rings. The largest absolute Gasteiger partial charge is 0.463 e. The van der Waals surface area contributed by atoms with E-state index in [0.717, 1.165) is 33.9 Å². The van der Waals surface area contributed by atoms with E-state index in [-0.39, 0.29) is 12.0 Å². The van der Waals surface area contributed by atoms with Crippen molar-refractivity contribution in [2.75, 3.05) is 11.9 Å². The number of esters is 1. The molecular weight excluding hydrogens is 362 g/mol. The van der Waals surface area contributed by atoms with Crippen molar-refractivity contribution in [3.8, 4) is 11.1 Å². The molecule has 0 aliphatic carbocycles.